The molecular weight excluding hydrogens is 257 g/mol. The van der Waals surface area contributed by atoms with Gasteiger partial charge in [-0.1, -0.05) is 0 Å². The van der Waals surface area contributed by atoms with Gasteiger partial charge >= 0.3 is 6.18 Å². The van der Waals surface area contributed by atoms with Crippen molar-refractivity contribution in [2.75, 3.05) is 18.8 Å². The summed E-state index contributed by atoms with van der Waals surface area (Å²) < 4.78 is 58.9. The Balaban J connectivity index is 0. The molecule has 0 saturated heterocycles. The van der Waals surface area contributed by atoms with E-state index in [1.807, 2.05) is 0 Å². The van der Waals surface area contributed by atoms with Crippen molar-refractivity contribution in [1.29, 1.82) is 0 Å². The third-order valence-electron chi connectivity index (χ3n) is 1.34. The van der Waals surface area contributed by atoms with Crippen molar-refractivity contribution in [2.24, 2.45) is 5.73 Å². The van der Waals surface area contributed by atoms with Crippen molar-refractivity contribution < 1.29 is 21.6 Å². The Labute approximate surface area is 92.9 Å². The molecule has 0 unspecified atom stereocenters. The molecule has 0 aromatic heterocycles. The SMILES string of the molecule is Cl.NCCNS(=O)(=O)CCCC(F)(F)F. The van der Waals surface area contributed by atoms with E-state index >= 15 is 0 Å². The maximum absolute atomic E-state index is 11.6. The maximum atomic E-state index is 11.6. The van der Waals surface area contributed by atoms with Crippen molar-refractivity contribution >= 4 is 22.4 Å². The lowest BCUT2D eigenvalue weighted by Gasteiger charge is -2.07. The predicted molar refractivity (Wildman–Crippen MR) is 53.4 cm³/mol. The monoisotopic (exact) mass is 270 g/mol. The zero-order chi connectivity index (χ0) is 11.2. The van der Waals surface area contributed by atoms with Gasteiger partial charge in [-0.2, -0.15) is 13.2 Å². The summed E-state index contributed by atoms with van der Waals surface area (Å²) in [5.74, 6) is -0.521. The van der Waals surface area contributed by atoms with Crippen molar-refractivity contribution in [3.8, 4) is 0 Å². The molecule has 3 N–H and O–H groups in total. The molecule has 0 atom stereocenters. The molecule has 0 heterocycles. The van der Waals surface area contributed by atoms with Crippen LogP contribution in [0.5, 0.6) is 0 Å². The number of hydrogen-bond donors (Lipinski definition) is 2. The Bertz CT molecular complexity index is 256. The summed E-state index contributed by atoms with van der Waals surface area (Å²) in [5.41, 5.74) is 5.03. The van der Waals surface area contributed by atoms with E-state index in [-0.39, 0.29) is 25.5 Å². The van der Waals surface area contributed by atoms with E-state index in [1.165, 1.54) is 0 Å². The summed E-state index contributed by atoms with van der Waals surface area (Å²) >= 11 is 0. The third kappa shape index (κ3) is 11.9. The largest absolute Gasteiger partial charge is 0.389 e. The second-order valence-electron chi connectivity index (χ2n) is 2.72. The topological polar surface area (TPSA) is 72.2 Å². The molecule has 0 saturated carbocycles. The molecule has 0 aromatic rings. The molecule has 0 aliphatic rings. The maximum Gasteiger partial charge on any atom is 0.389 e. The van der Waals surface area contributed by atoms with Crippen LogP contribution >= 0.6 is 12.4 Å². The standard InChI is InChI=1S/C6H13F3N2O2S.ClH/c7-6(8,9)2-1-5-14(12,13)11-4-3-10;/h11H,1-5,10H2;1H. The Morgan fingerprint density at radius 1 is 1.27 bits per heavy atom. The molecule has 0 amide bonds. The lowest BCUT2D eigenvalue weighted by molar-refractivity contribution is -0.134. The van der Waals surface area contributed by atoms with Crippen molar-refractivity contribution in [3.05, 3.63) is 0 Å². The minimum atomic E-state index is -4.30. The van der Waals surface area contributed by atoms with Gasteiger partial charge in [-0.3, -0.25) is 0 Å². The first-order chi connectivity index (χ1) is 6.27. The number of alkyl halides is 3. The van der Waals surface area contributed by atoms with Gasteiger partial charge in [-0.15, -0.1) is 12.4 Å². The quantitative estimate of drug-likeness (QED) is 0.744. The van der Waals surface area contributed by atoms with E-state index in [4.69, 9.17) is 5.73 Å². The third-order valence-corrected chi connectivity index (χ3v) is 2.81. The van der Waals surface area contributed by atoms with Gasteiger partial charge in [0.15, 0.2) is 0 Å². The highest BCUT2D eigenvalue weighted by Gasteiger charge is 2.27. The number of nitrogens with two attached hydrogens (primary N) is 1. The van der Waals surface area contributed by atoms with Gasteiger partial charge in [0.1, 0.15) is 0 Å². The molecule has 0 aromatic carbocycles. The number of halogens is 4. The van der Waals surface area contributed by atoms with Crippen LogP contribution in [0, 0.1) is 0 Å². The molecule has 0 spiro atoms. The van der Waals surface area contributed by atoms with Gasteiger partial charge in [0.2, 0.25) is 10.0 Å². The highest BCUT2D eigenvalue weighted by atomic mass is 35.5. The number of nitrogens with one attached hydrogen (secondary N) is 1. The normalized spacial score (nSPS) is 12.3. The van der Waals surface area contributed by atoms with Crippen LogP contribution in [-0.2, 0) is 10.0 Å². The van der Waals surface area contributed by atoms with Crippen LogP contribution in [0.3, 0.4) is 0 Å². The van der Waals surface area contributed by atoms with Gasteiger partial charge in [0, 0.05) is 19.5 Å². The fourth-order valence-corrected chi connectivity index (χ4v) is 1.85. The molecule has 4 nitrogen and oxygen atoms in total. The van der Waals surface area contributed by atoms with E-state index in [9.17, 15) is 21.6 Å². The van der Waals surface area contributed by atoms with Crippen molar-refractivity contribution in [3.63, 3.8) is 0 Å². The molecule has 0 aliphatic carbocycles. The number of rotatable bonds is 6. The fourth-order valence-electron chi connectivity index (χ4n) is 0.749. The number of hydrogen-bond acceptors (Lipinski definition) is 3. The van der Waals surface area contributed by atoms with Gasteiger partial charge in [-0.25, -0.2) is 13.1 Å². The van der Waals surface area contributed by atoms with Gasteiger partial charge in [-0.05, 0) is 6.42 Å². The Morgan fingerprint density at radius 2 is 1.80 bits per heavy atom. The van der Waals surface area contributed by atoms with Crippen LogP contribution in [-0.4, -0.2) is 33.4 Å². The molecule has 0 fully saturated rings. The Kier molecular flexibility index (Phi) is 8.40. The van der Waals surface area contributed by atoms with Crippen LogP contribution in [0.2, 0.25) is 0 Å². The fraction of sp³-hybridized carbons (Fsp3) is 1.00. The molecule has 9 heteroatoms. The van der Waals surface area contributed by atoms with E-state index in [0.717, 1.165) is 0 Å². The van der Waals surface area contributed by atoms with Crippen LogP contribution < -0.4 is 10.5 Å². The molecule has 94 valence electrons. The average Bonchev–Trinajstić information content (AvgIpc) is 1.98. The van der Waals surface area contributed by atoms with Crippen LogP contribution in [0.25, 0.3) is 0 Å². The molecule has 0 aliphatic heterocycles. The Hall–Kier alpha value is -0.0500. The summed E-state index contributed by atoms with van der Waals surface area (Å²) in [6.45, 7) is 0.173. The zero-order valence-corrected chi connectivity index (χ0v) is 9.51. The summed E-state index contributed by atoms with van der Waals surface area (Å²) in [4.78, 5) is 0. The van der Waals surface area contributed by atoms with Crippen molar-refractivity contribution in [1.82, 2.24) is 4.72 Å². The lowest BCUT2D eigenvalue weighted by Crippen LogP contribution is -2.31. The molecule has 0 rings (SSSR count). The first kappa shape index (κ1) is 17.3. The zero-order valence-electron chi connectivity index (χ0n) is 7.88. The molecular formula is C6H14ClF3N2O2S. The van der Waals surface area contributed by atoms with Crippen LogP contribution in [0.1, 0.15) is 12.8 Å². The smallest absolute Gasteiger partial charge is 0.329 e. The van der Waals surface area contributed by atoms with E-state index < -0.39 is 34.8 Å². The average molecular weight is 271 g/mol. The van der Waals surface area contributed by atoms with Crippen molar-refractivity contribution in [2.45, 2.75) is 19.0 Å². The van der Waals surface area contributed by atoms with Crippen LogP contribution in [0.4, 0.5) is 13.2 Å². The minimum Gasteiger partial charge on any atom is -0.329 e. The Morgan fingerprint density at radius 3 is 2.20 bits per heavy atom. The van der Waals surface area contributed by atoms with E-state index in [1.54, 1.807) is 0 Å². The molecule has 15 heavy (non-hydrogen) atoms. The first-order valence-electron chi connectivity index (χ1n) is 4.01. The van der Waals surface area contributed by atoms with E-state index in [0.29, 0.717) is 0 Å². The summed E-state index contributed by atoms with van der Waals surface area (Å²) in [6, 6.07) is 0. The van der Waals surface area contributed by atoms with E-state index in [2.05, 4.69) is 4.72 Å². The summed E-state index contributed by atoms with van der Waals surface area (Å²) in [5, 5.41) is 0. The highest BCUT2D eigenvalue weighted by Crippen LogP contribution is 2.21. The van der Waals surface area contributed by atoms with Gasteiger partial charge < -0.3 is 5.73 Å². The van der Waals surface area contributed by atoms with Crippen LogP contribution in [0.15, 0.2) is 0 Å². The number of sulfonamides is 1. The second-order valence-corrected chi connectivity index (χ2v) is 4.65. The first-order valence-corrected chi connectivity index (χ1v) is 5.66. The highest BCUT2D eigenvalue weighted by molar-refractivity contribution is 7.89. The van der Waals surface area contributed by atoms with Gasteiger partial charge in [0.05, 0.1) is 5.75 Å². The predicted octanol–water partition coefficient (Wildman–Crippen LogP) is 0.629. The molecule has 0 radical (unpaired) electrons. The molecule has 0 bridgehead atoms. The van der Waals surface area contributed by atoms with Gasteiger partial charge in [0.25, 0.3) is 0 Å². The minimum absolute atomic E-state index is 0. The lowest BCUT2D eigenvalue weighted by atomic mass is 10.3. The second kappa shape index (κ2) is 7.26. The summed E-state index contributed by atoms with van der Waals surface area (Å²) in [6.07, 6.45) is -5.82. The summed E-state index contributed by atoms with van der Waals surface area (Å²) in [7, 11) is -3.60.